The van der Waals surface area contributed by atoms with E-state index in [4.69, 9.17) is 11.3 Å². The Balaban J connectivity index is 3.19. The first-order valence-corrected chi connectivity index (χ1v) is 3.86. The van der Waals surface area contributed by atoms with Crippen molar-refractivity contribution < 1.29 is 14.3 Å². The molecule has 1 aromatic rings. The number of ether oxygens (including phenoxy) is 2. The number of hydrogen-bond donors (Lipinski definition) is 0. The molecule has 4 heteroatoms. The topological polar surface area (TPSA) is 39.9 Å². The molecular weight excluding hydrogens is 182 g/mol. The Morgan fingerprint density at radius 2 is 2.14 bits per heavy atom. The number of carbonyl (C=O) groups excluding carboxylic acids is 1. The van der Waals surface area contributed by atoms with E-state index >= 15 is 0 Å². The van der Waals surface area contributed by atoms with E-state index in [0.717, 1.165) is 0 Å². The number of benzene rings is 1. The third kappa shape index (κ3) is 1.83. The van der Waals surface area contributed by atoms with Gasteiger partial charge in [0.2, 0.25) is 0 Å². The van der Waals surface area contributed by atoms with Gasteiger partial charge in [-0.3, -0.25) is 0 Å². The summed E-state index contributed by atoms with van der Waals surface area (Å²) in [5.41, 5.74) is 0.747. The van der Waals surface area contributed by atoms with Crippen molar-refractivity contribution in [1.82, 2.24) is 0 Å². The lowest BCUT2D eigenvalue weighted by molar-refractivity contribution is 0.0597. The maximum Gasteiger partial charge on any atom is 0.341 e. The molecule has 0 amide bonds. The summed E-state index contributed by atoms with van der Waals surface area (Å²) >= 11 is 0. The first-order valence-electron chi connectivity index (χ1n) is 3.86. The Morgan fingerprint density at radius 1 is 1.43 bits per heavy atom. The molecule has 14 heavy (non-hydrogen) atoms. The molecule has 0 aliphatic rings. The Labute approximate surface area is 81.9 Å². The van der Waals surface area contributed by atoms with Crippen LogP contribution in [0.25, 0.3) is 4.85 Å². The average molecular weight is 191 g/mol. The number of nitrogens with zero attached hydrogens (tertiary/aromatic N) is 1. The lowest BCUT2D eigenvalue weighted by atomic mass is 10.2. The van der Waals surface area contributed by atoms with E-state index in [1.165, 1.54) is 26.4 Å². The Kier molecular flexibility index (Phi) is 3.08. The molecule has 0 aliphatic heterocycles. The van der Waals surface area contributed by atoms with E-state index < -0.39 is 5.97 Å². The summed E-state index contributed by atoms with van der Waals surface area (Å²) in [5, 5.41) is 0. The van der Waals surface area contributed by atoms with Crippen LogP contribution in [0, 0.1) is 6.57 Å². The third-order valence-electron chi connectivity index (χ3n) is 1.72. The Morgan fingerprint density at radius 3 is 2.64 bits per heavy atom. The first kappa shape index (κ1) is 10.1. The van der Waals surface area contributed by atoms with E-state index in [2.05, 4.69) is 9.58 Å². The molecule has 1 rings (SSSR count). The van der Waals surface area contributed by atoms with Gasteiger partial charge >= 0.3 is 5.97 Å². The lowest BCUT2D eigenvalue weighted by Gasteiger charge is -2.06. The van der Waals surface area contributed by atoms with Gasteiger partial charge < -0.3 is 9.47 Å². The van der Waals surface area contributed by atoms with E-state index in [9.17, 15) is 4.79 Å². The molecule has 72 valence electrons. The van der Waals surface area contributed by atoms with Crippen molar-refractivity contribution in [2.45, 2.75) is 0 Å². The minimum atomic E-state index is -0.474. The fourth-order valence-corrected chi connectivity index (χ4v) is 1.03. The number of rotatable bonds is 2. The smallest absolute Gasteiger partial charge is 0.341 e. The zero-order valence-corrected chi connectivity index (χ0v) is 7.90. The molecule has 1 aromatic carbocycles. The standard InChI is InChI=1S/C10H9NO3/c1-11-7-4-5-8(10(12)14-3)9(6-7)13-2/h4-6H,2-3H3. The summed E-state index contributed by atoms with van der Waals surface area (Å²) in [6.07, 6.45) is 0. The molecule has 0 atom stereocenters. The predicted octanol–water partition coefficient (Wildman–Crippen LogP) is 2.03. The maximum atomic E-state index is 11.2. The second-order valence-electron chi connectivity index (χ2n) is 2.49. The highest BCUT2D eigenvalue weighted by Crippen LogP contribution is 2.25. The largest absolute Gasteiger partial charge is 0.497 e. The second kappa shape index (κ2) is 4.28. The average Bonchev–Trinajstić information content (AvgIpc) is 2.27. The molecule has 0 fully saturated rings. The highest BCUT2D eigenvalue weighted by Gasteiger charge is 2.12. The van der Waals surface area contributed by atoms with Crippen LogP contribution >= 0.6 is 0 Å². The first-order chi connectivity index (χ1) is 6.72. The van der Waals surface area contributed by atoms with Crippen LogP contribution in [-0.2, 0) is 4.74 Å². The summed E-state index contributed by atoms with van der Waals surface area (Å²) in [4.78, 5) is 14.4. The van der Waals surface area contributed by atoms with Crippen LogP contribution in [0.2, 0.25) is 0 Å². The second-order valence-corrected chi connectivity index (χ2v) is 2.49. The molecule has 0 radical (unpaired) electrons. The van der Waals surface area contributed by atoms with Gasteiger partial charge in [-0.2, -0.15) is 0 Å². The van der Waals surface area contributed by atoms with E-state index in [1.54, 1.807) is 6.07 Å². The van der Waals surface area contributed by atoms with Crippen molar-refractivity contribution in [3.05, 3.63) is 35.2 Å². The maximum absolute atomic E-state index is 11.2. The highest BCUT2D eigenvalue weighted by atomic mass is 16.5. The van der Waals surface area contributed by atoms with Gasteiger partial charge in [0, 0.05) is 0 Å². The van der Waals surface area contributed by atoms with Crippen molar-refractivity contribution in [3.8, 4) is 5.75 Å². The highest BCUT2D eigenvalue weighted by molar-refractivity contribution is 5.93. The molecule has 0 N–H and O–H groups in total. The molecule has 0 saturated heterocycles. The minimum Gasteiger partial charge on any atom is -0.497 e. The van der Waals surface area contributed by atoms with Gasteiger partial charge in [0.25, 0.3) is 0 Å². The van der Waals surface area contributed by atoms with E-state index in [-0.39, 0.29) is 0 Å². The summed E-state index contributed by atoms with van der Waals surface area (Å²) in [6.45, 7) is 6.79. The summed E-state index contributed by atoms with van der Waals surface area (Å²) < 4.78 is 9.52. The quantitative estimate of drug-likeness (QED) is 0.530. The van der Waals surface area contributed by atoms with Crippen molar-refractivity contribution in [1.29, 1.82) is 0 Å². The molecule has 0 aromatic heterocycles. The van der Waals surface area contributed by atoms with Gasteiger partial charge in [-0.1, -0.05) is 12.1 Å². The summed E-state index contributed by atoms with van der Waals surface area (Å²) in [6, 6.07) is 4.55. The zero-order valence-electron chi connectivity index (χ0n) is 7.90. The number of methoxy groups -OCH3 is 2. The van der Waals surface area contributed by atoms with Gasteiger partial charge in [-0.25, -0.2) is 9.64 Å². The van der Waals surface area contributed by atoms with Crippen LogP contribution in [0.4, 0.5) is 5.69 Å². The van der Waals surface area contributed by atoms with Crippen LogP contribution in [0.3, 0.4) is 0 Å². The fourth-order valence-electron chi connectivity index (χ4n) is 1.03. The van der Waals surface area contributed by atoms with Crippen LogP contribution < -0.4 is 4.74 Å². The zero-order chi connectivity index (χ0) is 10.6. The number of hydrogen-bond acceptors (Lipinski definition) is 3. The van der Waals surface area contributed by atoms with E-state index in [1.807, 2.05) is 0 Å². The van der Waals surface area contributed by atoms with Gasteiger partial charge in [0.05, 0.1) is 26.4 Å². The van der Waals surface area contributed by atoms with Crippen LogP contribution in [-0.4, -0.2) is 20.2 Å². The molecule has 0 heterocycles. The monoisotopic (exact) mass is 191 g/mol. The van der Waals surface area contributed by atoms with Crippen molar-refractivity contribution >= 4 is 11.7 Å². The molecule has 0 unspecified atom stereocenters. The van der Waals surface area contributed by atoms with Crippen LogP contribution in [0.15, 0.2) is 18.2 Å². The van der Waals surface area contributed by atoms with E-state index in [0.29, 0.717) is 17.0 Å². The molecule has 0 aliphatic carbocycles. The molecule has 0 saturated carbocycles. The number of carbonyl (C=O) groups is 1. The predicted molar refractivity (Wildman–Crippen MR) is 50.6 cm³/mol. The fraction of sp³-hybridized carbons (Fsp3) is 0.200. The van der Waals surface area contributed by atoms with Crippen LogP contribution in [0.5, 0.6) is 5.75 Å². The summed E-state index contributed by atoms with van der Waals surface area (Å²) in [5.74, 6) is -0.122. The number of esters is 1. The van der Waals surface area contributed by atoms with Crippen molar-refractivity contribution in [3.63, 3.8) is 0 Å². The van der Waals surface area contributed by atoms with Gasteiger partial charge in [0.15, 0.2) is 5.69 Å². The van der Waals surface area contributed by atoms with Gasteiger partial charge in [0.1, 0.15) is 5.75 Å². The lowest BCUT2D eigenvalue weighted by Crippen LogP contribution is -2.03. The third-order valence-corrected chi connectivity index (χ3v) is 1.72. The molecular formula is C10H9NO3. The van der Waals surface area contributed by atoms with Gasteiger partial charge in [-0.05, 0) is 6.07 Å². The van der Waals surface area contributed by atoms with Crippen molar-refractivity contribution in [2.24, 2.45) is 0 Å². The Hall–Kier alpha value is -2.02. The molecule has 4 nitrogen and oxygen atoms in total. The van der Waals surface area contributed by atoms with Crippen molar-refractivity contribution in [2.75, 3.05) is 14.2 Å². The molecule has 0 bridgehead atoms. The van der Waals surface area contributed by atoms with Crippen LogP contribution in [0.1, 0.15) is 10.4 Å². The molecule has 0 spiro atoms. The normalized spacial score (nSPS) is 8.93. The summed E-state index contributed by atoms with van der Waals surface area (Å²) in [7, 11) is 2.74. The minimum absolute atomic E-state index is 0.322. The van der Waals surface area contributed by atoms with Gasteiger partial charge in [-0.15, -0.1) is 0 Å². The Bertz CT molecular complexity index is 393. The SMILES string of the molecule is [C-]#[N+]c1ccc(C(=O)OC)c(OC)c1.